The minimum Gasteiger partial charge on any atom is -0.508 e. The summed E-state index contributed by atoms with van der Waals surface area (Å²) >= 11 is 0. The largest absolute Gasteiger partial charge is 0.508 e. The molecule has 0 aliphatic rings. The Bertz CT molecular complexity index is 418. The third-order valence-corrected chi connectivity index (χ3v) is 4.28. The molecule has 0 saturated heterocycles. The molecule has 1 nitrogen and oxygen atoms in total. The molecule has 0 bridgehead atoms. The van der Waals surface area contributed by atoms with Gasteiger partial charge in [0.05, 0.1) is 0 Å². The Hall–Kier alpha value is -0.980. The third kappa shape index (κ3) is 4.56. The maximum atomic E-state index is 10.2. The number of aromatic hydroxyl groups is 1. The molecule has 0 radical (unpaired) electrons. The van der Waals surface area contributed by atoms with Gasteiger partial charge in [-0.3, -0.25) is 0 Å². The van der Waals surface area contributed by atoms with Crippen LogP contribution < -0.4 is 0 Å². The van der Waals surface area contributed by atoms with Gasteiger partial charge in [-0.15, -0.1) is 0 Å². The van der Waals surface area contributed by atoms with Gasteiger partial charge < -0.3 is 5.11 Å². The van der Waals surface area contributed by atoms with Crippen LogP contribution in [-0.2, 0) is 11.8 Å². The molecule has 1 aromatic carbocycles. The van der Waals surface area contributed by atoms with E-state index in [1.807, 2.05) is 6.07 Å². The quantitative estimate of drug-likeness (QED) is 0.783. The van der Waals surface area contributed by atoms with Crippen LogP contribution >= 0.6 is 0 Å². The fraction of sp³-hybridized carbons (Fsp3) is 0.667. The number of rotatable bonds is 3. The summed E-state index contributed by atoms with van der Waals surface area (Å²) in [5.74, 6) is 1.10. The van der Waals surface area contributed by atoms with Gasteiger partial charge in [-0.05, 0) is 46.8 Å². The van der Waals surface area contributed by atoms with E-state index in [1.54, 1.807) is 0 Å². The van der Waals surface area contributed by atoms with Crippen LogP contribution in [0.25, 0.3) is 0 Å². The monoisotopic (exact) mass is 262 g/mol. The Kier molecular flexibility index (Phi) is 4.71. The highest BCUT2D eigenvalue weighted by atomic mass is 16.3. The maximum Gasteiger partial charge on any atom is 0.119 e. The van der Waals surface area contributed by atoms with Crippen molar-refractivity contribution in [1.82, 2.24) is 0 Å². The SMILES string of the molecule is CC(CCc1ccc(C(C)(C)C)cc1O)C(C)(C)C. The first kappa shape index (κ1) is 16.1. The average molecular weight is 262 g/mol. The summed E-state index contributed by atoms with van der Waals surface area (Å²) < 4.78 is 0. The second-order valence-electron chi connectivity index (χ2n) is 7.90. The number of phenolic OH excluding ortho intramolecular Hbond substituents is 1. The predicted octanol–water partition coefficient (Wildman–Crippen LogP) is 5.30. The van der Waals surface area contributed by atoms with Gasteiger partial charge in [0, 0.05) is 0 Å². The van der Waals surface area contributed by atoms with Gasteiger partial charge in [0.25, 0.3) is 0 Å². The highest BCUT2D eigenvalue weighted by Gasteiger charge is 2.20. The summed E-state index contributed by atoms with van der Waals surface area (Å²) in [6.45, 7) is 15.6. The lowest BCUT2D eigenvalue weighted by atomic mass is 9.78. The molecule has 0 saturated carbocycles. The minimum atomic E-state index is 0.0920. The Morgan fingerprint density at radius 2 is 1.63 bits per heavy atom. The topological polar surface area (TPSA) is 20.2 Å². The van der Waals surface area contributed by atoms with Gasteiger partial charge in [0.2, 0.25) is 0 Å². The number of hydrogen-bond donors (Lipinski definition) is 1. The number of aryl methyl sites for hydroxylation is 1. The zero-order valence-electron chi connectivity index (χ0n) is 13.7. The van der Waals surface area contributed by atoms with Crippen LogP contribution in [0.15, 0.2) is 18.2 Å². The van der Waals surface area contributed by atoms with Gasteiger partial charge in [-0.25, -0.2) is 0 Å². The molecule has 1 heteroatoms. The molecular weight excluding hydrogens is 232 g/mol. The van der Waals surface area contributed by atoms with Crippen LogP contribution in [0, 0.1) is 11.3 Å². The van der Waals surface area contributed by atoms with E-state index in [0.717, 1.165) is 18.4 Å². The van der Waals surface area contributed by atoms with Crippen LogP contribution in [0.4, 0.5) is 0 Å². The highest BCUT2D eigenvalue weighted by Crippen LogP contribution is 2.32. The van der Waals surface area contributed by atoms with Crippen molar-refractivity contribution in [3.05, 3.63) is 29.3 Å². The molecule has 1 N–H and O–H groups in total. The maximum absolute atomic E-state index is 10.2. The lowest BCUT2D eigenvalue weighted by Gasteiger charge is -2.27. The highest BCUT2D eigenvalue weighted by molar-refractivity contribution is 5.39. The van der Waals surface area contributed by atoms with Crippen LogP contribution in [-0.4, -0.2) is 5.11 Å². The number of phenols is 1. The zero-order chi connectivity index (χ0) is 14.8. The second kappa shape index (κ2) is 5.56. The first-order chi connectivity index (χ1) is 8.51. The molecule has 108 valence electrons. The van der Waals surface area contributed by atoms with Crippen molar-refractivity contribution in [3.8, 4) is 5.75 Å². The smallest absolute Gasteiger partial charge is 0.119 e. The summed E-state index contributed by atoms with van der Waals surface area (Å²) in [7, 11) is 0. The lowest BCUT2D eigenvalue weighted by molar-refractivity contribution is 0.246. The normalized spacial score (nSPS) is 14.5. The van der Waals surface area contributed by atoms with Gasteiger partial charge in [0.15, 0.2) is 0 Å². The molecule has 0 aromatic heterocycles. The predicted molar refractivity (Wildman–Crippen MR) is 83.7 cm³/mol. The Balaban J connectivity index is 2.77. The summed E-state index contributed by atoms with van der Waals surface area (Å²) in [6.07, 6.45) is 2.07. The minimum absolute atomic E-state index is 0.0920. The standard InChI is InChI=1S/C18H30O/c1-13(17(2,3)4)8-9-14-10-11-15(12-16(14)19)18(5,6)7/h10-13,19H,8-9H2,1-7H3. The van der Waals surface area contributed by atoms with Crippen molar-refractivity contribution in [1.29, 1.82) is 0 Å². The summed E-state index contributed by atoms with van der Waals surface area (Å²) in [6, 6.07) is 6.17. The Labute approximate surface area is 119 Å². The van der Waals surface area contributed by atoms with Gasteiger partial charge in [-0.1, -0.05) is 60.6 Å². The third-order valence-electron chi connectivity index (χ3n) is 4.28. The number of hydrogen-bond acceptors (Lipinski definition) is 1. The summed E-state index contributed by atoms with van der Waals surface area (Å²) in [5, 5.41) is 10.2. The van der Waals surface area contributed by atoms with E-state index in [0.29, 0.717) is 17.1 Å². The van der Waals surface area contributed by atoms with Crippen molar-refractivity contribution in [2.24, 2.45) is 11.3 Å². The number of benzene rings is 1. The van der Waals surface area contributed by atoms with Crippen molar-refractivity contribution in [3.63, 3.8) is 0 Å². The molecule has 0 fully saturated rings. The van der Waals surface area contributed by atoms with Gasteiger partial charge in [0.1, 0.15) is 5.75 Å². The van der Waals surface area contributed by atoms with E-state index in [1.165, 1.54) is 5.56 Å². The fourth-order valence-corrected chi connectivity index (χ4v) is 2.05. The summed E-state index contributed by atoms with van der Waals surface area (Å²) in [5.41, 5.74) is 2.69. The van der Waals surface area contributed by atoms with Crippen molar-refractivity contribution in [2.45, 2.75) is 66.7 Å². The van der Waals surface area contributed by atoms with Crippen molar-refractivity contribution in [2.75, 3.05) is 0 Å². The molecule has 1 unspecified atom stereocenters. The van der Waals surface area contributed by atoms with E-state index in [4.69, 9.17) is 0 Å². The van der Waals surface area contributed by atoms with Crippen molar-refractivity contribution < 1.29 is 5.11 Å². The van der Waals surface area contributed by atoms with E-state index in [2.05, 4.69) is 60.6 Å². The first-order valence-electron chi connectivity index (χ1n) is 7.34. The van der Waals surface area contributed by atoms with Crippen LogP contribution in [0.1, 0.15) is 66.0 Å². The van der Waals surface area contributed by atoms with E-state index >= 15 is 0 Å². The second-order valence-corrected chi connectivity index (χ2v) is 7.90. The molecule has 1 aromatic rings. The van der Waals surface area contributed by atoms with E-state index < -0.39 is 0 Å². The molecule has 19 heavy (non-hydrogen) atoms. The molecule has 1 rings (SSSR count). The molecule has 1 atom stereocenters. The molecular formula is C18H30O. The molecule has 0 amide bonds. The van der Waals surface area contributed by atoms with Crippen LogP contribution in [0.2, 0.25) is 0 Å². The van der Waals surface area contributed by atoms with Gasteiger partial charge in [-0.2, -0.15) is 0 Å². The van der Waals surface area contributed by atoms with Crippen LogP contribution in [0.5, 0.6) is 5.75 Å². The van der Waals surface area contributed by atoms with Gasteiger partial charge >= 0.3 is 0 Å². The summed E-state index contributed by atoms with van der Waals surface area (Å²) in [4.78, 5) is 0. The zero-order valence-corrected chi connectivity index (χ0v) is 13.7. The fourth-order valence-electron chi connectivity index (χ4n) is 2.05. The molecule has 0 aliphatic carbocycles. The average Bonchev–Trinajstić information content (AvgIpc) is 2.24. The molecule has 0 heterocycles. The Morgan fingerprint density at radius 3 is 2.05 bits per heavy atom. The van der Waals surface area contributed by atoms with E-state index in [-0.39, 0.29) is 5.41 Å². The lowest BCUT2D eigenvalue weighted by Crippen LogP contribution is -2.17. The van der Waals surface area contributed by atoms with E-state index in [9.17, 15) is 5.11 Å². The van der Waals surface area contributed by atoms with Crippen LogP contribution in [0.3, 0.4) is 0 Å². The first-order valence-corrected chi connectivity index (χ1v) is 7.34. The molecule has 0 spiro atoms. The van der Waals surface area contributed by atoms with Crippen molar-refractivity contribution >= 4 is 0 Å². The Morgan fingerprint density at radius 1 is 1.05 bits per heavy atom. The molecule has 0 aliphatic heterocycles.